The van der Waals surface area contributed by atoms with Crippen LogP contribution in [0.5, 0.6) is 0 Å². The molecule has 0 spiro atoms. The quantitative estimate of drug-likeness (QED) is 0.874. The highest BCUT2D eigenvalue weighted by atomic mass is 16.1. The van der Waals surface area contributed by atoms with E-state index in [9.17, 15) is 4.79 Å². The van der Waals surface area contributed by atoms with Gasteiger partial charge in [-0.2, -0.15) is 0 Å². The van der Waals surface area contributed by atoms with Gasteiger partial charge in [-0.3, -0.25) is 4.79 Å². The lowest BCUT2D eigenvalue weighted by Gasteiger charge is -2.21. The minimum atomic E-state index is 0.244. The van der Waals surface area contributed by atoms with E-state index in [2.05, 4.69) is 36.5 Å². The van der Waals surface area contributed by atoms with Gasteiger partial charge in [0.15, 0.2) is 0 Å². The Morgan fingerprint density at radius 1 is 1.11 bits per heavy atom. The van der Waals surface area contributed by atoms with E-state index in [1.807, 2.05) is 0 Å². The fourth-order valence-corrected chi connectivity index (χ4v) is 3.14. The standard InChI is InChI=1S/C17H23NO/c1-12-6-8-13(9-7-12)16(14-10-11-14)18-17(19)15-4-2-3-5-15/h6-9,14-16H,2-5,10-11H2,1H3,(H,18,19). The molecule has 0 bridgehead atoms. The van der Waals surface area contributed by atoms with Crippen molar-refractivity contribution in [1.29, 1.82) is 0 Å². The monoisotopic (exact) mass is 257 g/mol. The van der Waals surface area contributed by atoms with Crippen LogP contribution in [-0.4, -0.2) is 5.91 Å². The first-order chi connectivity index (χ1) is 9.24. The molecule has 2 fully saturated rings. The lowest BCUT2D eigenvalue weighted by molar-refractivity contribution is -0.125. The van der Waals surface area contributed by atoms with Crippen LogP contribution in [0.1, 0.15) is 55.7 Å². The van der Waals surface area contributed by atoms with Gasteiger partial charge in [-0.15, -0.1) is 0 Å². The maximum absolute atomic E-state index is 12.3. The Bertz CT molecular complexity index is 441. The Morgan fingerprint density at radius 3 is 2.32 bits per heavy atom. The van der Waals surface area contributed by atoms with Crippen LogP contribution in [0.15, 0.2) is 24.3 Å². The number of hydrogen-bond donors (Lipinski definition) is 1. The molecule has 1 atom stereocenters. The fraction of sp³-hybridized carbons (Fsp3) is 0.588. The molecule has 2 aliphatic carbocycles. The molecule has 2 saturated carbocycles. The zero-order valence-corrected chi connectivity index (χ0v) is 11.7. The number of amides is 1. The fourth-order valence-electron chi connectivity index (χ4n) is 3.14. The molecule has 1 aromatic rings. The molecule has 0 saturated heterocycles. The first-order valence-electron chi connectivity index (χ1n) is 7.61. The molecule has 2 nitrogen and oxygen atoms in total. The zero-order valence-electron chi connectivity index (χ0n) is 11.7. The average Bonchev–Trinajstić information content (AvgIpc) is 3.10. The van der Waals surface area contributed by atoms with E-state index in [0.717, 1.165) is 12.8 Å². The minimum Gasteiger partial charge on any atom is -0.349 e. The predicted octanol–water partition coefficient (Wildman–Crippen LogP) is 3.75. The normalized spacial score (nSPS) is 21.3. The van der Waals surface area contributed by atoms with Crippen molar-refractivity contribution in [2.45, 2.75) is 51.5 Å². The topological polar surface area (TPSA) is 29.1 Å². The number of nitrogens with one attached hydrogen (secondary N) is 1. The second-order valence-corrected chi connectivity index (χ2v) is 6.22. The largest absolute Gasteiger partial charge is 0.349 e. The maximum Gasteiger partial charge on any atom is 0.223 e. The van der Waals surface area contributed by atoms with E-state index in [1.54, 1.807) is 0 Å². The minimum absolute atomic E-state index is 0.244. The van der Waals surface area contributed by atoms with E-state index in [0.29, 0.717) is 5.92 Å². The third-order valence-electron chi connectivity index (χ3n) is 4.55. The Morgan fingerprint density at radius 2 is 1.74 bits per heavy atom. The molecule has 0 aromatic heterocycles. The van der Waals surface area contributed by atoms with Gasteiger partial charge in [-0.1, -0.05) is 42.7 Å². The average molecular weight is 257 g/mol. The van der Waals surface area contributed by atoms with Crippen LogP contribution in [0.2, 0.25) is 0 Å². The highest BCUT2D eigenvalue weighted by Gasteiger charge is 2.35. The summed E-state index contributed by atoms with van der Waals surface area (Å²) in [4.78, 5) is 12.3. The van der Waals surface area contributed by atoms with Crippen LogP contribution in [0.25, 0.3) is 0 Å². The summed E-state index contributed by atoms with van der Waals surface area (Å²) < 4.78 is 0. The Labute approximate surface area is 115 Å². The molecule has 19 heavy (non-hydrogen) atoms. The van der Waals surface area contributed by atoms with Gasteiger partial charge in [0.25, 0.3) is 0 Å². The van der Waals surface area contributed by atoms with Crippen LogP contribution in [-0.2, 0) is 4.79 Å². The number of rotatable bonds is 4. The summed E-state index contributed by atoms with van der Waals surface area (Å²) in [6.07, 6.45) is 7.11. The summed E-state index contributed by atoms with van der Waals surface area (Å²) in [7, 11) is 0. The third kappa shape index (κ3) is 2.99. The molecule has 2 heteroatoms. The molecule has 3 rings (SSSR count). The lowest BCUT2D eigenvalue weighted by atomic mass is 9.99. The summed E-state index contributed by atoms with van der Waals surface area (Å²) in [5.74, 6) is 1.22. The van der Waals surface area contributed by atoms with Gasteiger partial charge in [0.2, 0.25) is 5.91 Å². The summed E-state index contributed by atoms with van der Waals surface area (Å²) in [6, 6.07) is 8.88. The van der Waals surface area contributed by atoms with Crippen LogP contribution < -0.4 is 5.32 Å². The van der Waals surface area contributed by atoms with Gasteiger partial charge in [-0.05, 0) is 44.1 Å². The van der Waals surface area contributed by atoms with Crippen molar-refractivity contribution in [3.05, 3.63) is 35.4 Å². The van der Waals surface area contributed by atoms with Crippen molar-refractivity contribution < 1.29 is 4.79 Å². The number of hydrogen-bond acceptors (Lipinski definition) is 1. The summed E-state index contributed by atoms with van der Waals surface area (Å²) >= 11 is 0. The van der Waals surface area contributed by atoms with Crippen LogP contribution in [0, 0.1) is 18.8 Å². The first kappa shape index (κ1) is 12.7. The van der Waals surface area contributed by atoms with Crippen molar-refractivity contribution in [2.24, 2.45) is 11.8 Å². The van der Waals surface area contributed by atoms with Crippen molar-refractivity contribution >= 4 is 5.91 Å². The molecular weight excluding hydrogens is 234 g/mol. The molecular formula is C17H23NO. The summed E-state index contributed by atoms with van der Waals surface area (Å²) in [5, 5.41) is 3.32. The van der Waals surface area contributed by atoms with Gasteiger partial charge in [0, 0.05) is 5.92 Å². The zero-order chi connectivity index (χ0) is 13.2. The summed E-state index contributed by atoms with van der Waals surface area (Å²) in [5.41, 5.74) is 2.56. The van der Waals surface area contributed by atoms with Gasteiger partial charge in [0.05, 0.1) is 6.04 Å². The van der Waals surface area contributed by atoms with Crippen molar-refractivity contribution in [3.63, 3.8) is 0 Å². The van der Waals surface area contributed by atoms with E-state index < -0.39 is 0 Å². The maximum atomic E-state index is 12.3. The van der Waals surface area contributed by atoms with E-state index in [1.165, 1.54) is 36.8 Å². The van der Waals surface area contributed by atoms with Crippen molar-refractivity contribution in [3.8, 4) is 0 Å². The molecule has 1 aromatic carbocycles. The molecule has 2 aliphatic rings. The van der Waals surface area contributed by atoms with E-state index >= 15 is 0 Å². The number of carbonyl (C=O) groups excluding carboxylic acids is 1. The van der Waals surface area contributed by atoms with Crippen molar-refractivity contribution in [1.82, 2.24) is 5.32 Å². The predicted molar refractivity (Wildman–Crippen MR) is 76.7 cm³/mol. The van der Waals surface area contributed by atoms with Crippen LogP contribution in [0.4, 0.5) is 0 Å². The van der Waals surface area contributed by atoms with E-state index in [-0.39, 0.29) is 17.9 Å². The third-order valence-corrected chi connectivity index (χ3v) is 4.55. The van der Waals surface area contributed by atoms with Crippen molar-refractivity contribution in [2.75, 3.05) is 0 Å². The molecule has 1 amide bonds. The van der Waals surface area contributed by atoms with Crippen LogP contribution >= 0.6 is 0 Å². The highest BCUT2D eigenvalue weighted by Crippen LogP contribution is 2.41. The second-order valence-electron chi connectivity index (χ2n) is 6.22. The second kappa shape index (κ2) is 5.36. The van der Waals surface area contributed by atoms with E-state index in [4.69, 9.17) is 0 Å². The van der Waals surface area contributed by atoms with Gasteiger partial charge in [0.1, 0.15) is 0 Å². The molecule has 1 N–H and O–H groups in total. The lowest BCUT2D eigenvalue weighted by Crippen LogP contribution is -2.34. The van der Waals surface area contributed by atoms with Crippen LogP contribution in [0.3, 0.4) is 0 Å². The Balaban J connectivity index is 1.70. The highest BCUT2D eigenvalue weighted by molar-refractivity contribution is 5.79. The number of carbonyl (C=O) groups is 1. The number of aryl methyl sites for hydroxylation is 1. The van der Waals surface area contributed by atoms with Gasteiger partial charge in [-0.25, -0.2) is 0 Å². The molecule has 0 heterocycles. The number of benzene rings is 1. The molecule has 102 valence electrons. The molecule has 0 radical (unpaired) electrons. The Hall–Kier alpha value is -1.31. The smallest absolute Gasteiger partial charge is 0.223 e. The SMILES string of the molecule is Cc1ccc(C(NC(=O)C2CCCC2)C2CC2)cc1. The Kier molecular flexibility index (Phi) is 3.58. The molecule has 1 unspecified atom stereocenters. The molecule has 0 aliphatic heterocycles. The van der Waals surface area contributed by atoms with Gasteiger partial charge >= 0.3 is 0 Å². The summed E-state index contributed by atoms with van der Waals surface area (Å²) in [6.45, 7) is 2.10. The first-order valence-corrected chi connectivity index (χ1v) is 7.61. The van der Waals surface area contributed by atoms with Gasteiger partial charge < -0.3 is 5.32 Å².